The summed E-state index contributed by atoms with van der Waals surface area (Å²) in [7, 11) is 0. The van der Waals surface area contributed by atoms with E-state index in [0.29, 0.717) is 6.54 Å². The molecule has 0 atom stereocenters. The van der Waals surface area contributed by atoms with Crippen LogP contribution in [0.4, 0.5) is 5.69 Å². The van der Waals surface area contributed by atoms with E-state index in [1.54, 1.807) is 11.3 Å². The van der Waals surface area contributed by atoms with Crippen LogP contribution in [-0.4, -0.2) is 12.5 Å². The van der Waals surface area contributed by atoms with Gasteiger partial charge >= 0.3 is 0 Å². The maximum Gasteiger partial charge on any atom is 0.268 e. The average molecular weight is 337 g/mol. The Balaban J connectivity index is 2.08. The molecule has 0 aliphatic carbocycles. The molecule has 0 bridgehead atoms. The summed E-state index contributed by atoms with van der Waals surface area (Å²) in [5.41, 5.74) is 3.35. The highest BCUT2D eigenvalue weighted by Crippen LogP contribution is 2.34. The molecular weight excluding hydrogens is 314 g/mol. The van der Waals surface area contributed by atoms with Gasteiger partial charge in [0.2, 0.25) is 0 Å². The molecule has 2 aromatic carbocycles. The van der Waals surface area contributed by atoms with Gasteiger partial charge in [0.05, 0.1) is 4.88 Å². The molecule has 24 heavy (non-hydrogen) atoms. The highest BCUT2D eigenvalue weighted by Gasteiger charge is 2.23. The molecule has 1 amide bonds. The predicted molar refractivity (Wildman–Crippen MR) is 104 cm³/mol. The van der Waals surface area contributed by atoms with E-state index in [4.69, 9.17) is 0 Å². The minimum absolute atomic E-state index is 0.118. The van der Waals surface area contributed by atoms with Gasteiger partial charge in [-0.25, -0.2) is 0 Å². The number of carbonyl (C=O) groups excluding carboxylic acids is 1. The Morgan fingerprint density at radius 1 is 1.08 bits per heavy atom. The van der Waals surface area contributed by atoms with Crippen LogP contribution in [0.2, 0.25) is 0 Å². The maximum atomic E-state index is 13.3. The molecule has 1 heterocycles. The molecule has 0 saturated heterocycles. The Kier molecular flexibility index (Phi) is 5.00. The third kappa shape index (κ3) is 3.09. The van der Waals surface area contributed by atoms with Gasteiger partial charge in [0.15, 0.2) is 0 Å². The zero-order valence-corrected chi connectivity index (χ0v) is 15.3. The van der Waals surface area contributed by atoms with Crippen molar-refractivity contribution in [3.63, 3.8) is 0 Å². The van der Waals surface area contributed by atoms with Gasteiger partial charge in [0.1, 0.15) is 0 Å². The second-order valence-corrected chi connectivity index (χ2v) is 7.10. The number of nitrogens with zero attached hydrogens (tertiary/aromatic N) is 1. The molecule has 0 aliphatic rings. The number of hydrogen-bond donors (Lipinski definition) is 0. The van der Waals surface area contributed by atoms with E-state index in [1.807, 2.05) is 30.0 Å². The summed E-state index contributed by atoms with van der Waals surface area (Å²) < 4.78 is 1.20. The van der Waals surface area contributed by atoms with Gasteiger partial charge in [-0.1, -0.05) is 43.7 Å². The van der Waals surface area contributed by atoms with Crippen LogP contribution in [0.1, 0.15) is 41.1 Å². The van der Waals surface area contributed by atoms with E-state index in [9.17, 15) is 4.79 Å². The van der Waals surface area contributed by atoms with Gasteiger partial charge < -0.3 is 4.90 Å². The maximum absolute atomic E-state index is 13.3. The van der Waals surface area contributed by atoms with Crippen LogP contribution >= 0.6 is 11.3 Å². The Hall–Kier alpha value is -2.13. The topological polar surface area (TPSA) is 20.3 Å². The van der Waals surface area contributed by atoms with Gasteiger partial charge in [0, 0.05) is 16.9 Å². The number of amides is 1. The second kappa shape index (κ2) is 7.18. The van der Waals surface area contributed by atoms with Gasteiger partial charge in [-0.15, -0.1) is 11.3 Å². The molecule has 0 N–H and O–H groups in total. The van der Waals surface area contributed by atoms with Crippen LogP contribution in [0.3, 0.4) is 0 Å². The quantitative estimate of drug-likeness (QED) is 0.573. The fourth-order valence-electron chi connectivity index (χ4n) is 3.13. The summed E-state index contributed by atoms with van der Waals surface area (Å²) in [6.45, 7) is 6.93. The summed E-state index contributed by atoms with van der Waals surface area (Å²) in [5, 5.41) is 1.23. The number of aryl methyl sites for hydroxylation is 2. The molecule has 0 unspecified atom stereocenters. The highest BCUT2D eigenvalue weighted by molar-refractivity contribution is 7.21. The Labute approximate surface area is 147 Å². The SMILES string of the molecule is CCCc1c(C(=O)N(CC)c2cccc(C)c2)sc2ccccc12. The summed E-state index contributed by atoms with van der Waals surface area (Å²) >= 11 is 1.62. The molecular formula is C21H23NOS. The fourth-order valence-corrected chi connectivity index (χ4v) is 4.33. The number of thiophene rings is 1. The van der Waals surface area contributed by atoms with E-state index in [1.165, 1.54) is 21.2 Å². The average Bonchev–Trinajstić information content (AvgIpc) is 2.95. The number of fused-ring (bicyclic) bond motifs is 1. The predicted octanol–water partition coefficient (Wildman–Crippen LogP) is 5.83. The molecule has 124 valence electrons. The van der Waals surface area contributed by atoms with Crippen molar-refractivity contribution < 1.29 is 4.79 Å². The number of hydrogen-bond acceptors (Lipinski definition) is 2. The first kappa shape index (κ1) is 16.7. The second-order valence-electron chi connectivity index (χ2n) is 6.04. The third-order valence-electron chi connectivity index (χ3n) is 4.27. The van der Waals surface area contributed by atoms with Crippen molar-refractivity contribution in [2.75, 3.05) is 11.4 Å². The van der Waals surface area contributed by atoms with Crippen LogP contribution < -0.4 is 4.90 Å². The monoisotopic (exact) mass is 337 g/mol. The smallest absolute Gasteiger partial charge is 0.268 e. The molecule has 3 aromatic rings. The lowest BCUT2D eigenvalue weighted by molar-refractivity contribution is 0.0991. The van der Waals surface area contributed by atoms with Crippen molar-refractivity contribution in [1.29, 1.82) is 0 Å². The summed E-state index contributed by atoms with van der Waals surface area (Å²) in [4.78, 5) is 16.1. The largest absolute Gasteiger partial charge is 0.308 e. The lowest BCUT2D eigenvalue weighted by Crippen LogP contribution is -2.30. The van der Waals surface area contributed by atoms with Crippen molar-refractivity contribution in [3.05, 3.63) is 64.5 Å². The molecule has 2 nitrogen and oxygen atoms in total. The minimum atomic E-state index is 0.118. The fraction of sp³-hybridized carbons (Fsp3) is 0.286. The highest BCUT2D eigenvalue weighted by atomic mass is 32.1. The van der Waals surface area contributed by atoms with Crippen molar-refractivity contribution in [2.45, 2.75) is 33.6 Å². The summed E-state index contributed by atoms with van der Waals surface area (Å²) in [6.07, 6.45) is 1.98. The van der Waals surface area contributed by atoms with Crippen LogP contribution in [0.5, 0.6) is 0 Å². The molecule has 3 rings (SSSR count). The molecule has 0 saturated carbocycles. The van der Waals surface area contributed by atoms with Crippen LogP contribution in [0.25, 0.3) is 10.1 Å². The van der Waals surface area contributed by atoms with Gasteiger partial charge in [-0.05, 0) is 55.0 Å². The molecule has 0 fully saturated rings. The Morgan fingerprint density at radius 3 is 2.58 bits per heavy atom. The number of benzene rings is 2. The standard InChI is InChI=1S/C21H23NOS/c1-4-9-18-17-12-6-7-13-19(17)24-20(18)21(23)22(5-2)16-11-8-10-15(3)14-16/h6-8,10-14H,4-5,9H2,1-3H3. The van der Waals surface area contributed by atoms with E-state index in [2.05, 4.69) is 44.2 Å². The lowest BCUT2D eigenvalue weighted by Gasteiger charge is -2.21. The van der Waals surface area contributed by atoms with Crippen LogP contribution in [0, 0.1) is 6.92 Å². The Morgan fingerprint density at radius 2 is 1.88 bits per heavy atom. The minimum Gasteiger partial charge on any atom is -0.308 e. The van der Waals surface area contributed by atoms with Crippen molar-refractivity contribution >= 4 is 33.0 Å². The van der Waals surface area contributed by atoms with Crippen molar-refractivity contribution in [1.82, 2.24) is 0 Å². The van der Waals surface area contributed by atoms with E-state index >= 15 is 0 Å². The molecule has 0 radical (unpaired) electrons. The van der Waals surface area contributed by atoms with E-state index in [-0.39, 0.29) is 5.91 Å². The van der Waals surface area contributed by atoms with Gasteiger partial charge in [-0.3, -0.25) is 4.79 Å². The zero-order valence-electron chi connectivity index (χ0n) is 14.5. The first-order valence-electron chi connectivity index (χ1n) is 8.54. The molecule has 1 aromatic heterocycles. The number of rotatable bonds is 5. The number of anilines is 1. The van der Waals surface area contributed by atoms with Crippen molar-refractivity contribution in [3.8, 4) is 0 Å². The zero-order chi connectivity index (χ0) is 17.1. The first-order chi connectivity index (χ1) is 11.7. The summed E-state index contributed by atoms with van der Waals surface area (Å²) in [5.74, 6) is 0.118. The molecule has 0 aliphatic heterocycles. The van der Waals surface area contributed by atoms with Gasteiger partial charge in [0.25, 0.3) is 5.91 Å². The first-order valence-corrected chi connectivity index (χ1v) is 9.36. The molecule has 3 heteroatoms. The van der Waals surface area contributed by atoms with E-state index in [0.717, 1.165) is 23.4 Å². The van der Waals surface area contributed by atoms with Crippen molar-refractivity contribution in [2.24, 2.45) is 0 Å². The molecule has 0 spiro atoms. The Bertz CT molecular complexity index is 865. The van der Waals surface area contributed by atoms with E-state index < -0.39 is 0 Å². The van der Waals surface area contributed by atoms with Crippen LogP contribution in [0.15, 0.2) is 48.5 Å². The van der Waals surface area contributed by atoms with Gasteiger partial charge in [-0.2, -0.15) is 0 Å². The third-order valence-corrected chi connectivity index (χ3v) is 5.47. The lowest BCUT2D eigenvalue weighted by atomic mass is 10.1. The normalized spacial score (nSPS) is 11.0. The summed E-state index contributed by atoms with van der Waals surface area (Å²) in [6, 6.07) is 16.5. The van der Waals surface area contributed by atoms with Crippen LogP contribution in [-0.2, 0) is 6.42 Å². The number of carbonyl (C=O) groups is 1.